The number of halogens is 1. The van der Waals surface area contributed by atoms with E-state index in [1.807, 2.05) is 66.7 Å². The van der Waals surface area contributed by atoms with Crippen LogP contribution in [0.3, 0.4) is 0 Å². The van der Waals surface area contributed by atoms with Gasteiger partial charge in [0.25, 0.3) is 0 Å². The summed E-state index contributed by atoms with van der Waals surface area (Å²) >= 11 is 2.17. The van der Waals surface area contributed by atoms with Crippen molar-refractivity contribution in [1.29, 1.82) is 5.41 Å². The van der Waals surface area contributed by atoms with E-state index in [2.05, 4.69) is 43.9 Å². The fourth-order valence-electron chi connectivity index (χ4n) is 4.46. The Balaban J connectivity index is 1.76. The van der Waals surface area contributed by atoms with Crippen molar-refractivity contribution < 1.29 is 24.3 Å². The second kappa shape index (κ2) is 15.7. The molecular weight excluding hydrogens is 651 g/mol. The van der Waals surface area contributed by atoms with Gasteiger partial charge in [0.2, 0.25) is 17.7 Å². The lowest BCUT2D eigenvalue weighted by atomic mass is 10.0. The van der Waals surface area contributed by atoms with E-state index in [1.54, 1.807) is 0 Å². The fourth-order valence-corrected chi connectivity index (χ4v) is 4.81. The molecule has 0 radical (unpaired) electrons. The van der Waals surface area contributed by atoms with Crippen LogP contribution in [0, 0.1) is 8.98 Å². The zero-order valence-electron chi connectivity index (χ0n) is 23.2. The van der Waals surface area contributed by atoms with Gasteiger partial charge in [-0.1, -0.05) is 54.6 Å². The summed E-state index contributed by atoms with van der Waals surface area (Å²) < 4.78 is 1.02. The minimum Gasteiger partial charge on any atom is -0.480 e. The summed E-state index contributed by atoms with van der Waals surface area (Å²) in [5.41, 5.74) is 6.89. The maximum atomic E-state index is 13.4. The number of fused-ring (bicyclic) bond motifs is 1. The van der Waals surface area contributed by atoms with Gasteiger partial charge in [-0.15, -0.1) is 0 Å². The van der Waals surface area contributed by atoms with E-state index in [1.165, 1.54) is 6.92 Å². The highest BCUT2D eigenvalue weighted by Crippen LogP contribution is 2.17. The molecule has 0 spiro atoms. The monoisotopic (exact) mass is 686 g/mol. The quantitative estimate of drug-likeness (QED) is 0.0586. The van der Waals surface area contributed by atoms with E-state index in [-0.39, 0.29) is 31.8 Å². The molecule has 0 saturated carbocycles. The zero-order valence-corrected chi connectivity index (χ0v) is 25.3. The third-order valence-electron chi connectivity index (χ3n) is 6.53. The number of hydrogen-bond acceptors (Lipinski definition) is 5. The molecule has 0 fully saturated rings. The highest BCUT2D eigenvalue weighted by atomic mass is 127. The zero-order chi connectivity index (χ0) is 30.6. The molecule has 3 aromatic carbocycles. The van der Waals surface area contributed by atoms with Crippen LogP contribution in [-0.2, 0) is 32.0 Å². The summed E-state index contributed by atoms with van der Waals surface area (Å²) in [6.45, 7) is 1.57. The first-order valence-corrected chi connectivity index (χ1v) is 14.5. The van der Waals surface area contributed by atoms with E-state index in [9.17, 15) is 24.3 Å². The van der Waals surface area contributed by atoms with E-state index < -0.39 is 41.8 Å². The van der Waals surface area contributed by atoms with Gasteiger partial charge in [-0.3, -0.25) is 19.8 Å². The van der Waals surface area contributed by atoms with Crippen LogP contribution in [0.15, 0.2) is 66.7 Å². The minimum atomic E-state index is -1.24. The number of carboxylic acids is 1. The van der Waals surface area contributed by atoms with E-state index in [0.717, 1.165) is 25.5 Å². The van der Waals surface area contributed by atoms with Crippen molar-refractivity contribution in [3.8, 4) is 0 Å². The van der Waals surface area contributed by atoms with Crippen molar-refractivity contribution in [2.24, 2.45) is 5.73 Å². The molecule has 42 heavy (non-hydrogen) atoms. The highest BCUT2D eigenvalue weighted by Gasteiger charge is 2.29. The third kappa shape index (κ3) is 10.3. The van der Waals surface area contributed by atoms with Crippen molar-refractivity contribution in [3.63, 3.8) is 0 Å². The summed E-state index contributed by atoms with van der Waals surface area (Å²) in [7, 11) is 0. The SMILES string of the molecule is CC(=O)N[C@H](Cc1ccc(I)cc1)C(=O)N[C@@H](CCCNC(=N)N)C(=O)N[C@@H](Cc1ccc2ccccc2c1)C(=O)O. The molecule has 0 saturated heterocycles. The summed E-state index contributed by atoms with van der Waals surface area (Å²) in [6, 6.07) is 17.5. The number of nitrogens with one attached hydrogen (secondary N) is 5. The predicted molar refractivity (Wildman–Crippen MR) is 169 cm³/mol. The number of benzene rings is 3. The molecule has 0 unspecified atom stereocenters. The number of carbonyl (C=O) groups is 4. The predicted octanol–water partition coefficient (Wildman–Crippen LogP) is 2.05. The Hall–Kier alpha value is -4.20. The van der Waals surface area contributed by atoms with Crippen molar-refractivity contribution in [3.05, 3.63) is 81.4 Å². The van der Waals surface area contributed by atoms with Crippen molar-refractivity contribution in [2.45, 2.75) is 50.7 Å². The molecule has 0 bridgehead atoms. The van der Waals surface area contributed by atoms with Crippen LogP contribution < -0.4 is 27.0 Å². The first-order valence-electron chi connectivity index (χ1n) is 13.4. The molecule has 12 heteroatoms. The normalized spacial score (nSPS) is 12.9. The van der Waals surface area contributed by atoms with Crippen LogP contribution in [0.4, 0.5) is 0 Å². The number of carbonyl (C=O) groups excluding carboxylic acids is 3. The second-order valence-electron chi connectivity index (χ2n) is 9.91. The van der Waals surface area contributed by atoms with Gasteiger partial charge >= 0.3 is 5.97 Å². The van der Waals surface area contributed by atoms with Crippen LogP contribution >= 0.6 is 22.6 Å². The van der Waals surface area contributed by atoms with Gasteiger partial charge in [-0.2, -0.15) is 0 Å². The van der Waals surface area contributed by atoms with Crippen molar-refractivity contribution >= 4 is 63.0 Å². The summed E-state index contributed by atoms with van der Waals surface area (Å²) in [6.07, 6.45) is 0.723. The third-order valence-corrected chi connectivity index (χ3v) is 7.25. The smallest absolute Gasteiger partial charge is 0.326 e. The number of aliphatic carboxylic acids is 1. The summed E-state index contributed by atoms with van der Waals surface area (Å²) in [5.74, 6) is -3.10. The van der Waals surface area contributed by atoms with Crippen LogP contribution in [0.2, 0.25) is 0 Å². The molecule has 0 heterocycles. The standard InChI is InChI=1S/C30H35IN6O5/c1-18(38)35-25(16-19-9-12-23(31)13-10-19)28(40)36-24(7-4-14-34-30(32)33)27(39)37-26(29(41)42)17-20-8-11-21-5-2-3-6-22(21)15-20/h2-3,5-6,8-13,15,24-26H,4,7,14,16-17H2,1H3,(H,35,38)(H,36,40)(H,37,39)(H,41,42)(H4,32,33,34)/t24-,25+,26-/m0/s1. The second-order valence-corrected chi connectivity index (χ2v) is 11.2. The van der Waals surface area contributed by atoms with Gasteiger partial charge in [0.1, 0.15) is 18.1 Å². The topological polar surface area (TPSA) is 186 Å². The Labute approximate surface area is 257 Å². The number of amides is 3. The Morgan fingerprint density at radius 1 is 0.833 bits per heavy atom. The molecule has 11 nitrogen and oxygen atoms in total. The first kappa shape index (κ1) is 32.3. The molecule has 0 aliphatic carbocycles. The number of guanidine groups is 1. The average molecular weight is 687 g/mol. The molecule has 0 aromatic heterocycles. The fraction of sp³-hybridized carbons (Fsp3) is 0.300. The van der Waals surface area contributed by atoms with Crippen LogP contribution in [0.25, 0.3) is 10.8 Å². The molecule has 222 valence electrons. The van der Waals surface area contributed by atoms with Gasteiger partial charge in [0, 0.05) is 29.9 Å². The molecule has 0 aliphatic rings. The van der Waals surface area contributed by atoms with Gasteiger partial charge in [-0.25, -0.2) is 4.79 Å². The maximum absolute atomic E-state index is 13.4. The number of hydrogen-bond donors (Lipinski definition) is 7. The molecule has 3 amide bonds. The highest BCUT2D eigenvalue weighted by molar-refractivity contribution is 14.1. The lowest BCUT2D eigenvalue weighted by Gasteiger charge is -2.25. The Morgan fingerprint density at radius 2 is 1.43 bits per heavy atom. The van der Waals surface area contributed by atoms with E-state index in [0.29, 0.717) is 6.42 Å². The maximum Gasteiger partial charge on any atom is 0.326 e. The van der Waals surface area contributed by atoms with Crippen LogP contribution in [-0.4, -0.2) is 59.4 Å². The number of rotatable bonds is 14. The number of nitrogens with two attached hydrogens (primary N) is 1. The van der Waals surface area contributed by atoms with E-state index >= 15 is 0 Å². The average Bonchev–Trinajstić information content (AvgIpc) is 2.94. The summed E-state index contributed by atoms with van der Waals surface area (Å²) in [5, 5.41) is 29.8. The Kier molecular flexibility index (Phi) is 12.1. The molecule has 8 N–H and O–H groups in total. The van der Waals surface area contributed by atoms with Gasteiger partial charge in [0.15, 0.2) is 5.96 Å². The molecular formula is C30H35IN6O5. The molecule has 3 atom stereocenters. The van der Waals surface area contributed by atoms with Crippen LogP contribution in [0.1, 0.15) is 30.9 Å². The van der Waals surface area contributed by atoms with Gasteiger partial charge in [-0.05, 0) is 69.5 Å². The van der Waals surface area contributed by atoms with Gasteiger partial charge < -0.3 is 32.1 Å². The molecule has 3 aromatic rings. The number of carboxylic acid groups (broad SMARTS) is 1. The Morgan fingerprint density at radius 3 is 2.07 bits per heavy atom. The van der Waals surface area contributed by atoms with Crippen molar-refractivity contribution in [1.82, 2.24) is 21.3 Å². The molecule has 0 aliphatic heterocycles. The summed E-state index contributed by atoms with van der Waals surface area (Å²) in [4.78, 5) is 50.8. The van der Waals surface area contributed by atoms with Gasteiger partial charge in [0.05, 0.1) is 0 Å². The van der Waals surface area contributed by atoms with Crippen molar-refractivity contribution in [2.75, 3.05) is 6.54 Å². The minimum absolute atomic E-state index is 0.0415. The van der Waals surface area contributed by atoms with Crippen LogP contribution in [0.5, 0.6) is 0 Å². The lowest BCUT2D eigenvalue weighted by Crippen LogP contribution is -2.56. The Bertz CT molecular complexity index is 1430. The largest absolute Gasteiger partial charge is 0.480 e. The molecule has 3 rings (SSSR count). The van der Waals surface area contributed by atoms with E-state index in [4.69, 9.17) is 11.1 Å². The lowest BCUT2D eigenvalue weighted by molar-refractivity contribution is -0.142. The first-order chi connectivity index (χ1) is 20.0.